The van der Waals surface area contributed by atoms with E-state index >= 15 is 0 Å². The normalized spacial score (nSPS) is 14.5. The molecule has 2 atom stereocenters. The monoisotopic (exact) mass is 254 g/mol. The van der Waals surface area contributed by atoms with Crippen LogP contribution >= 0.6 is 0 Å². The van der Waals surface area contributed by atoms with Crippen LogP contribution < -0.4 is 11.1 Å². The van der Waals surface area contributed by atoms with E-state index in [-0.39, 0.29) is 24.5 Å². The fourth-order valence-electron chi connectivity index (χ4n) is 2.06. The first-order chi connectivity index (χ1) is 8.62. The number of benzene rings is 1. The molecule has 1 aromatic rings. The Morgan fingerprint density at radius 3 is 2.72 bits per heavy atom. The van der Waals surface area contributed by atoms with Gasteiger partial charge in [-0.2, -0.15) is 0 Å². The largest absolute Gasteiger partial charge is 0.396 e. The van der Waals surface area contributed by atoms with Crippen molar-refractivity contribution < 1.29 is 9.50 Å². The summed E-state index contributed by atoms with van der Waals surface area (Å²) in [6.45, 7) is 4.43. The van der Waals surface area contributed by atoms with Crippen LogP contribution in [0.3, 0.4) is 0 Å². The molecular formula is C14H23FN2O. The molecule has 1 aromatic carbocycles. The average molecular weight is 254 g/mol. The molecule has 0 aliphatic rings. The van der Waals surface area contributed by atoms with E-state index in [1.54, 1.807) is 6.07 Å². The number of nitrogens with one attached hydrogen (secondary N) is 1. The maximum atomic E-state index is 13.8. The van der Waals surface area contributed by atoms with Crippen LogP contribution in [0.25, 0.3) is 0 Å². The minimum absolute atomic E-state index is 0.124. The fourth-order valence-corrected chi connectivity index (χ4v) is 2.06. The topological polar surface area (TPSA) is 58.3 Å². The van der Waals surface area contributed by atoms with E-state index in [9.17, 15) is 4.39 Å². The average Bonchev–Trinajstić information content (AvgIpc) is 2.37. The number of aliphatic hydroxyl groups excluding tert-OH is 1. The first-order valence-corrected chi connectivity index (χ1v) is 6.45. The molecule has 0 saturated heterocycles. The van der Waals surface area contributed by atoms with Gasteiger partial charge >= 0.3 is 0 Å². The first kappa shape index (κ1) is 15.1. The minimum Gasteiger partial charge on any atom is -0.396 e. The van der Waals surface area contributed by atoms with Gasteiger partial charge in [0.2, 0.25) is 0 Å². The van der Waals surface area contributed by atoms with Crippen molar-refractivity contribution >= 4 is 0 Å². The van der Waals surface area contributed by atoms with Gasteiger partial charge in [0, 0.05) is 30.8 Å². The molecule has 0 saturated carbocycles. The van der Waals surface area contributed by atoms with E-state index < -0.39 is 0 Å². The zero-order valence-electron chi connectivity index (χ0n) is 11.1. The lowest BCUT2D eigenvalue weighted by atomic mass is 10.0. The number of aryl methyl sites for hydroxylation is 1. The van der Waals surface area contributed by atoms with Gasteiger partial charge in [0.1, 0.15) is 5.82 Å². The van der Waals surface area contributed by atoms with Gasteiger partial charge in [-0.3, -0.25) is 0 Å². The SMILES string of the molecule is CCC(CCO)NC(CN)c1cc(C)ccc1F. The summed E-state index contributed by atoms with van der Waals surface area (Å²) in [4.78, 5) is 0. The van der Waals surface area contributed by atoms with Gasteiger partial charge in [-0.1, -0.05) is 24.6 Å². The Balaban J connectivity index is 2.84. The summed E-state index contributed by atoms with van der Waals surface area (Å²) in [5.74, 6) is -0.234. The number of nitrogens with two attached hydrogens (primary N) is 1. The third kappa shape index (κ3) is 4.05. The highest BCUT2D eigenvalue weighted by Gasteiger charge is 2.17. The second-order valence-corrected chi connectivity index (χ2v) is 4.60. The molecule has 0 aliphatic heterocycles. The summed E-state index contributed by atoms with van der Waals surface area (Å²) in [5, 5.41) is 12.3. The van der Waals surface area contributed by atoms with Gasteiger partial charge in [0.25, 0.3) is 0 Å². The van der Waals surface area contributed by atoms with Crippen LogP contribution in [0.4, 0.5) is 4.39 Å². The van der Waals surface area contributed by atoms with Crippen LogP contribution in [0.1, 0.15) is 36.9 Å². The molecule has 2 unspecified atom stereocenters. The Kier molecular flexibility index (Phi) is 6.25. The Hall–Kier alpha value is -0.970. The van der Waals surface area contributed by atoms with Gasteiger partial charge < -0.3 is 16.2 Å². The summed E-state index contributed by atoms with van der Waals surface area (Å²) in [5.41, 5.74) is 7.35. The van der Waals surface area contributed by atoms with Crippen molar-refractivity contribution in [3.63, 3.8) is 0 Å². The van der Waals surface area contributed by atoms with Crippen molar-refractivity contribution in [2.24, 2.45) is 5.73 Å². The van der Waals surface area contributed by atoms with Gasteiger partial charge in [0.05, 0.1) is 0 Å². The molecule has 4 N–H and O–H groups in total. The fraction of sp³-hybridized carbons (Fsp3) is 0.571. The van der Waals surface area contributed by atoms with Crippen LogP contribution in [0, 0.1) is 12.7 Å². The number of halogens is 1. The summed E-state index contributed by atoms with van der Waals surface area (Å²) >= 11 is 0. The Morgan fingerprint density at radius 1 is 1.44 bits per heavy atom. The standard InChI is InChI=1S/C14H23FN2O/c1-3-11(6-7-18)17-14(9-16)12-8-10(2)4-5-13(12)15/h4-5,8,11,14,17-18H,3,6-7,9,16H2,1-2H3. The van der Waals surface area contributed by atoms with Crippen LogP contribution in [-0.2, 0) is 0 Å². The molecule has 0 heterocycles. The predicted molar refractivity (Wildman–Crippen MR) is 71.8 cm³/mol. The maximum absolute atomic E-state index is 13.8. The summed E-state index contributed by atoms with van der Waals surface area (Å²) in [7, 11) is 0. The lowest BCUT2D eigenvalue weighted by Gasteiger charge is -2.24. The molecule has 18 heavy (non-hydrogen) atoms. The van der Waals surface area contributed by atoms with Crippen molar-refractivity contribution in [3.8, 4) is 0 Å². The van der Waals surface area contributed by atoms with E-state index in [1.165, 1.54) is 6.07 Å². The highest BCUT2D eigenvalue weighted by Crippen LogP contribution is 2.19. The Bertz CT molecular complexity index is 371. The van der Waals surface area contributed by atoms with Crippen LogP contribution in [0.5, 0.6) is 0 Å². The number of rotatable bonds is 7. The quantitative estimate of drug-likeness (QED) is 0.696. The third-order valence-electron chi connectivity index (χ3n) is 3.17. The van der Waals surface area contributed by atoms with Gasteiger partial charge in [-0.05, 0) is 25.8 Å². The van der Waals surface area contributed by atoms with Crippen molar-refractivity contribution in [2.45, 2.75) is 38.8 Å². The summed E-state index contributed by atoms with van der Waals surface area (Å²) in [6.07, 6.45) is 1.53. The van der Waals surface area contributed by atoms with Crippen molar-refractivity contribution in [1.29, 1.82) is 0 Å². The second kappa shape index (κ2) is 7.46. The summed E-state index contributed by atoms with van der Waals surface area (Å²) < 4.78 is 13.8. The van der Waals surface area contributed by atoms with E-state index in [0.29, 0.717) is 18.5 Å². The molecule has 0 fully saturated rings. The highest BCUT2D eigenvalue weighted by molar-refractivity contribution is 5.27. The molecule has 0 radical (unpaired) electrons. The second-order valence-electron chi connectivity index (χ2n) is 4.60. The molecule has 0 bridgehead atoms. The third-order valence-corrected chi connectivity index (χ3v) is 3.17. The predicted octanol–water partition coefficient (Wildman–Crippen LogP) is 1.88. The summed E-state index contributed by atoms with van der Waals surface area (Å²) in [6, 6.07) is 5.00. The minimum atomic E-state index is -0.234. The number of hydrogen-bond donors (Lipinski definition) is 3. The highest BCUT2D eigenvalue weighted by atomic mass is 19.1. The van der Waals surface area contributed by atoms with Crippen LogP contribution in [0.2, 0.25) is 0 Å². The Morgan fingerprint density at radius 2 is 2.17 bits per heavy atom. The van der Waals surface area contributed by atoms with E-state index in [0.717, 1.165) is 12.0 Å². The molecule has 4 heteroatoms. The first-order valence-electron chi connectivity index (χ1n) is 6.45. The van der Waals surface area contributed by atoms with E-state index in [4.69, 9.17) is 10.8 Å². The molecule has 0 aliphatic carbocycles. The van der Waals surface area contributed by atoms with Crippen LogP contribution in [-0.4, -0.2) is 24.3 Å². The van der Waals surface area contributed by atoms with Crippen molar-refractivity contribution in [2.75, 3.05) is 13.2 Å². The number of hydrogen-bond acceptors (Lipinski definition) is 3. The molecule has 1 rings (SSSR count). The van der Waals surface area contributed by atoms with Crippen molar-refractivity contribution in [1.82, 2.24) is 5.32 Å². The maximum Gasteiger partial charge on any atom is 0.128 e. The zero-order valence-corrected chi connectivity index (χ0v) is 11.1. The lowest BCUT2D eigenvalue weighted by molar-refractivity contribution is 0.255. The number of aliphatic hydroxyl groups is 1. The smallest absolute Gasteiger partial charge is 0.128 e. The lowest BCUT2D eigenvalue weighted by Crippen LogP contribution is -2.37. The van der Waals surface area contributed by atoms with E-state index in [2.05, 4.69) is 5.32 Å². The molecular weight excluding hydrogens is 231 g/mol. The zero-order chi connectivity index (χ0) is 13.5. The van der Waals surface area contributed by atoms with Gasteiger partial charge in [-0.15, -0.1) is 0 Å². The van der Waals surface area contributed by atoms with E-state index in [1.807, 2.05) is 19.9 Å². The van der Waals surface area contributed by atoms with Gasteiger partial charge in [0.15, 0.2) is 0 Å². The molecule has 3 nitrogen and oxygen atoms in total. The molecule has 0 amide bonds. The molecule has 0 spiro atoms. The Labute approximate surface area is 108 Å². The molecule has 0 aromatic heterocycles. The van der Waals surface area contributed by atoms with Crippen molar-refractivity contribution in [3.05, 3.63) is 35.1 Å². The van der Waals surface area contributed by atoms with Gasteiger partial charge in [-0.25, -0.2) is 4.39 Å². The van der Waals surface area contributed by atoms with Crippen LogP contribution in [0.15, 0.2) is 18.2 Å². The molecule has 102 valence electrons.